The number of amides is 1. The number of hydrogen-bond donors (Lipinski definition) is 1. The molecule has 0 saturated carbocycles. The molecule has 3 rings (SSSR count). The van der Waals surface area contributed by atoms with Crippen molar-refractivity contribution in [2.24, 2.45) is 5.73 Å². The molecule has 2 heterocycles. The lowest BCUT2D eigenvalue weighted by Crippen LogP contribution is -2.24. The molecular weight excluding hydrogens is 424 g/mol. The van der Waals surface area contributed by atoms with Gasteiger partial charge in [-0.1, -0.05) is 49.0 Å². The topological polar surface area (TPSA) is 118 Å². The Hall–Kier alpha value is -3.89. The number of nitrogens with two attached hydrogens (primary N) is 1. The molecule has 0 aliphatic rings. The quantitative estimate of drug-likeness (QED) is 0.396. The molecule has 2 aromatic heterocycles. The van der Waals surface area contributed by atoms with Crippen molar-refractivity contribution in [2.45, 2.75) is 30.2 Å². The standard InChI is InChI=1S/C22H22N8OS/c1-4-16-17(12-23)22(32-19(20(24)31)15-8-6-5-7-9-15)28-21(18(16)25-2)29(3)10-11-30-13-26-27-14-30/h5-9,13-14,19H,4,10-11H2,1,3H3,(H2,24,31). The number of thioether (sulfide) groups is 1. The lowest BCUT2D eigenvalue weighted by atomic mass is 10.1. The first-order valence-electron chi connectivity index (χ1n) is 9.89. The van der Waals surface area contributed by atoms with E-state index < -0.39 is 11.2 Å². The summed E-state index contributed by atoms with van der Waals surface area (Å²) in [5, 5.41) is 17.1. The van der Waals surface area contributed by atoms with Crippen molar-refractivity contribution in [1.82, 2.24) is 19.7 Å². The van der Waals surface area contributed by atoms with Gasteiger partial charge in [-0.25, -0.2) is 9.83 Å². The number of rotatable bonds is 9. The summed E-state index contributed by atoms with van der Waals surface area (Å²) >= 11 is 1.13. The Bertz CT molecular complexity index is 1170. The molecule has 32 heavy (non-hydrogen) atoms. The van der Waals surface area contributed by atoms with Gasteiger partial charge in [0.1, 0.15) is 34.8 Å². The molecule has 0 spiro atoms. The van der Waals surface area contributed by atoms with E-state index in [9.17, 15) is 10.1 Å². The van der Waals surface area contributed by atoms with Gasteiger partial charge in [0, 0.05) is 20.1 Å². The minimum atomic E-state index is -0.713. The van der Waals surface area contributed by atoms with Gasteiger partial charge in [0.15, 0.2) is 0 Å². The molecule has 1 aromatic carbocycles. The van der Waals surface area contributed by atoms with Crippen LogP contribution in [0.1, 0.15) is 28.9 Å². The van der Waals surface area contributed by atoms with Crippen LogP contribution in [0.3, 0.4) is 0 Å². The Balaban J connectivity index is 2.05. The number of anilines is 1. The summed E-state index contributed by atoms with van der Waals surface area (Å²) < 4.78 is 1.83. The van der Waals surface area contributed by atoms with Crippen LogP contribution in [-0.4, -0.2) is 39.2 Å². The zero-order chi connectivity index (χ0) is 23.1. The van der Waals surface area contributed by atoms with Crippen molar-refractivity contribution < 1.29 is 4.79 Å². The highest BCUT2D eigenvalue weighted by molar-refractivity contribution is 8.00. The lowest BCUT2D eigenvalue weighted by Gasteiger charge is -2.23. The molecule has 0 aliphatic heterocycles. The fourth-order valence-corrected chi connectivity index (χ4v) is 4.31. The molecule has 1 unspecified atom stereocenters. The van der Waals surface area contributed by atoms with E-state index in [1.807, 2.05) is 53.8 Å². The summed E-state index contributed by atoms with van der Waals surface area (Å²) in [6.45, 7) is 10.8. The molecule has 162 valence electrons. The second-order valence-corrected chi connectivity index (χ2v) is 8.05. The molecule has 0 fully saturated rings. The monoisotopic (exact) mass is 446 g/mol. The minimum Gasteiger partial charge on any atom is -0.368 e. The van der Waals surface area contributed by atoms with E-state index >= 15 is 0 Å². The van der Waals surface area contributed by atoms with E-state index in [4.69, 9.17) is 12.3 Å². The normalized spacial score (nSPS) is 11.4. The molecule has 0 radical (unpaired) electrons. The number of primary amides is 1. The average Bonchev–Trinajstić information content (AvgIpc) is 3.33. The molecule has 9 nitrogen and oxygen atoms in total. The van der Waals surface area contributed by atoms with Crippen molar-refractivity contribution in [3.05, 3.63) is 71.1 Å². The first-order valence-corrected chi connectivity index (χ1v) is 10.8. The number of carbonyl (C=O) groups is 1. The zero-order valence-electron chi connectivity index (χ0n) is 17.8. The highest BCUT2D eigenvalue weighted by Gasteiger charge is 2.26. The van der Waals surface area contributed by atoms with Crippen LogP contribution in [0.4, 0.5) is 11.5 Å². The summed E-state index contributed by atoms with van der Waals surface area (Å²) in [4.78, 5) is 22.5. The van der Waals surface area contributed by atoms with Crippen molar-refractivity contribution in [3.63, 3.8) is 0 Å². The van der Waals surface area contributed by atoms with Gasteiger partial charge >= 0.3 is 0 Å². The number of nitriles is 1. The number of benzene rings is 1. The molecule has 10 heteroatoms. The molecule has 2 N–H and O–H groups in total. The molecule has 0 saturated heterocycles. The van der Waals surface area contributed by atoms with E-state index in [2.05, 4.69) is 26.1 Å². The second-order valence-electron chi connectivity index (χ2n) is 6.95. The maximum absolute atomic E-state index is 12.3. The van der Waals surface area contributed by atoms with Gasteiger partial charge in [0.05, 0.1) is 12.1 Å². The molecule has 3 aromatic rings. The predicted octanol–water partition coefficient (Wildman–Crippen LogP) is 3.11. The van der Waals surface area contributed by atoms with E-state index in [0.717, 1.165) is 17.3 Å². The van der Waals surface area contributed by atoms with Crippen LogP contribution in [-0.2, 0) is 17.8 Å². The fourth-order valence-electron chi connectivity index (χ4n) is 3.25. The fraction of sp³-hybridized carbons (Fsp3) is 0.273. The van der Waals surface area contributed by atoms with Crippen molar-refractivity contribution >= 4 is 29.2 Å². The maximum Gasteiger partial charge on any atom is 0.235 e. The van der Waals surface area contributed by atoms with Crippen LogP contribution in [0.25, 0.3) is 4.85 Å². The first-order chi connectivity index (χ1) is 15.5. The van der Waals surface area contributed by atoms with Crippen LogP contribution in [0.15, 0.2) is 48.0 Å². The van der Waals surface area contributed by atoms with Crippen LogP contribution in [0.2, 0.25) is 0 Å². The van der Waals surface area contributed by atoms with Gasteiger partial charge in [0.2, 0.25) is 11.6 Å². The third-order valence-electron chi connectivity index (χ3n) is 4.91. The van der Waals surface area contributed by atoms with Crippen LogP contribution in [0.5, 0.6) is 0 Å². The number of pyridine rings is 1. The molecular formula is C22H22N8OS. The maximum atomic E-state index is 12.3. The molecule has 0 aliphatic carbocycles. The van der Waals surface area contributed by atoms with Crippen LogP contribution >= 0.6 is 11.8 Å². The number of nitrogens with zero attached hydrogens (tertiary/aromatic N) is 7. The minimum absolute atomic E-state index is 0.307. The third-order valence-corrected chi connectivity index (χ3v) is 6.17. The SMILES string of the molecule is [C-]#[N+]c1c(N(C)CCn2cnnc2)nc(SC(C(N)=O)c2ccccc2)c(C#N)c1CC. The van der Waals surface area contributed by atoms with Crippen molar-refractivity contribution in [2.75, 3.05) is 18.5 Å². The summed E-state index contributed by atoms with van der Waals surface area (Å²) in [5.41, 5.74) is 7.68. The van der Waals surface area contributed by atoms with Gasteiger partial charge in [0.25, 0.3) is 0 Å². The van der Waals surface area contributed by atoms with E-state index in [1.54, 1.807) is 12.7 Å². The Kier molecular flexibility index (Phi) is 7.42. The van der Waals surface area contributed by atoms with Gasteiger partial charge in [-0.2, -0.15) is 5.26 Å². The summed E-state index contributed by atoms with van der Waals surface area (Å²) in [6.07, 6.45) is 3.72. The molecule has 1 atom stereocenters. The Morgan fingerprint density at radius 2 is 2.03 bits per heavy atom. The van der Waals surface area contributed by atoms with Crippen LogP contribution < -0.4 is 10.6 Å². The largest absolute Gasteiger partial charge is 0.368 e. The predicted molar refractivity (Wildman–Crippen MR) is 122 cm³/mol. The average molecular weight is 447 g/mol. The summed E-state index contributed by atoms with van der Waals surface area (Å²) in [7, 11) is 1.84. The van der Waals surface area contributed by atoms with Gasteiger partial charge in [-0.15, -0.1) is 10.2 Å². The summed E-state index contributed by atoms with van der Waals surface area (Å²) in [6, 6.07) is 11.3. The number of hydrogen-bond acceptors (Lipinski definition) is 7. The third kappa shape index (κ3) is 4.88. The number of carbonyl (C=O) groups excluding carboxylic acids is 1. The highest BCUT2D eigenvalue weighted by atomic mass is 32.2. The Morgan fingerprint density at radius 3 is 2.59 bits per heavy atom. The Morgan fingerprint density at radius 1 is 1.34 bits per heavy atom. The van der Waals surface area contributed by atoms with Gasteiger partial charge < -0.3 is 15.2 Å². The number of aromatic nitrogens is 4. The second kappa shape index (κ2) is 10.4. The molecule has 0 bridgehead atoms. The van der Waals surface area contributed by atoms with Crippen LogP contribution in [0, 0.1) is 17.9 Å². The molecule has 1 amide bonds. The first kappa shape index (κ1) is 22.8. The van der Waals surface area contributed by atoms with E-state index in [1.165, 1.54) is 0 Å². The number of likely N-dealkylation sites (N-methyl/N-ethyl adjacent to an activating group) is 1. The summed E-state index contributed by atoms with van der Waals surface area (Å²) in [5.74, 6) is -0.0654. The Labute approximate surface area is 190 Å². The van der Waals surface area contributed by atoms with E-state index in [0.29, 0.717) is 47.2 Å². The smallest absolute Gasteiger partial charge is 0.235 e. The lowest BCUT2D eigenvalue weighted by molar-refractivity contribution is -0.117. The zero-order valence-corrected chi connectivity index (χ0v) is 18.6. The van der Waals surface area contributed by atoms with Crippen molar-refractivity contribution in [1.29, 1.82) is 5.26 Å². The van der Waals surface area contributed by atoms with Crippen molar-refractivity contribution in [3.8, 4) is 6.07 Å². The van der Waals surface area contributed by atoms with Gasteiger partial charge in [-0.3, -0.25) is 4.79 Å². The van der Waals surface area contributed by atoms with Gasteiger partial charge in [-0.05, 0) is 17.5 Å². The highest BCUT2D eigenvalue weighted by Crippen LogP contribution is 2.42. The van der Waals surface area contributed by atoms with E-state index in [-0.39, 0.29) is 0 Å².